The molecule has 0 aliphatic carbocycles. The Balaban J connectivity index is 1.44. The maximum atomic E-state index is 13.4. The molecule has 2 aromatic rings. The molecule has 164 valence electrons. The number of hydrogen-bond acceptors (Lipinski definition) is 3. The molecule has 1 unspecified atom stereocenters. The van der Waals surface area contributed by atoms with Gasteiger partial charge in [0.05, 0.1) is 5.92 Å². The maximum Gasteiger partial charge on any atom is 0.227 e. The van der Waals surface area contributed by atoms with Crippen molar-refractivity contribution < 1.29 is 18.7 Å². The molecule has 2 aliphatic rings. The van der Waals surface area contributed by atoms with Gasteiger partial charge in [-0.2, -0.15) is 0 Å². The Morgan fingerprint density at radius 3 is 2.61 bits per heavy atom. The molecule has 1 N–H and O–H groups in total. The summed E-state index contributed by atoms with van der Waals surface area (Å²) in [5, 5.41) is 3.09. The lowest BCUT2D eigenvalue weighted by molar-refractivity contribution is -0.126. The second-order valence-corrected chi connectivity index (χ2v) is 9.31. The first-order valence-electron chi connectivity index (χ1n) is 10.6. The molecule has 2 fully saturated rings. The number of anilines is 1. The fourth-order valence-corrected chi connectivity index (χ4v) is 4.71. The molecular weight excluding hydrogens is 463 g/mol. The largest absolute Gasteiger partial charge is 0.381 e. The zero-order chi connectivity index (χ0) is 22.0. The number of halogens is 2. The fraction of sp³-hybridized carbons (Fsp3) is 0.417. The topological polar surface area (TPSA) is 58.6 Å². The molecule has 0 radical (unpaired) electrons. The number of rotatable bonds is 5. The van der Waals surface area contributed by atoms with E-state index in [1.807, 2.05) is 25.1 Å². The van der Waals surface area contributed by atoms with Gasteiger partial charge in [-0.1, -0.05) is 28.1 Å². The van der Waals surface area contributed by atoms with E-state index >= 15 is 0 Å². The predicted molar refractivity (Wildman–Crippen MR) is 120 cm³/mol. The molecule has 5 nitrogen and oxygen atoms in total. The van der Waals surface area contributed by atoms with E-state index in [0.717, 1.165) is 34.1 Å². The summed E-state index contributed by atoms with van der Waals surface area (Å²) in [4.78, 5) is 27.2. The highest BCUT2D eigenvalue weighted by atomic mass is 79.9. The van der Waals surface area contributed by atoms with Crippen molar-refractivity contribution in [1.82, 2.24) is 5.32 Å². The fourth-order valence-electron chi connectivity index (χ4n) is 4.46. The Bertz CT molecular complexity index is 973. The van der Waals surface area contributed by atoms with Crippen LogP contribution in [0.15, 0.2) is 46.9 Å². The van der Waals surface area contributed by atoms with Crippen LogP contribution >= 0.6 is 15.9 Å². The number of aryl methyl sites for hydroxylation is 1. The first-order chi connectivity index (χ1) is 14.9. The van der Waals surface area contributed by atoms with Gasteiger partial charge < -0.3 is 15.0 Å². The normalized spacial score (nSPS) is 20.7. The van der Waals surface area contributed by atoms with E-state index in [2.05, 4.69) is 21.2 Å². The van der Waals surface area contributed by atoms with Gasteiger partial charge in [-0.3, -0.25) is 9.59 Å². The Morgan fingerprint density at radius 1 is 1.23 bits per heavy atom. The van der Waals surface area contributed by atoms with Crippen LogP contribution < -0.4 is 10.2 Å². The minimum Gasteiger partial charge on any atom is -0.381 e. The summed E-state index contributed by atoms with van der Waals surface area (Å²) >= 11 is 3.48. The van der Waals surface area contributed by atoms with Crippen LogP contribution in [-0.2, 0) is 19.7 Å². The number of amides is 2. The monoisotopic (exact) mass is 488 g/mol. The zero-order valence-corrected chi connectivity index (χ0v) is 19.1. The SMILES string of the molecule is Cc1cc(N2CC(C(=O)NCC3(c4ccc(F)cc4)CCOCC3)CC2=O)ccc1Br. The molecule has 0 aromatic heterocycles. The van der Waals surface area contributed by atoms with Crippen LogP contribution in [-0.4, -0.2) is 38.1 Å². The molecule has 2 heterocycles. The molecule has 1 atom stereocenters. The van der Waals surface area contributed by atoms with E-state index in [9.17, 15) is 14.0 Å². The number of benzene rings is 2. The van der Waals surface area contributed by atoms with Crippen LogP contribution in [0.3, 0.4) is 0 Å². The highest BCUT2D eigenvalue weighted by Gasteiger charge is 2.38. The second kappa shape index (κ2) is 9.09. The molecule has 0 saturated carbocycles. The van der Waals surface area contributed by atoms with E-state index in [1.54, 1.807) is 17.0 Å². The third-order valence-corrected chi connectivity index (χ3v) is 7.35. The standard InChI is InChI=1S/C24H26BrFN2O3/c1-16-12-20(6-7-21(16)25)28-14-17(13-22(28)29)23(30)27-15-24(8-10-31-11-9-24)18-2-4-19(26)5-3-18/h2-7,12,17H,8-11,13-15H2,1H3,(H,27,30). The van der Waals surface area contributed by atoms with Gasteiger partial charge in [0.1, 0.15) is 5.82 Å². The first-order valence-corrected chi connectivity index (χ1v) is 11.4. The van der Waals surface area contributed by atoms with Gasteiger partial charge in [-0.05, 0) is 61.2 Å². The average molecular weight is 489 g/mol. The van der Waals surface area contributed by atoms with Gasteiger partial charge in [0.25, 0.3) is 0 Å². The van der Waals surface area contributed by atoms with Crippen molar-refractivity contribution in [2.75, 3.05) is 31.2 Å². The summed E-state index contributed by atoms with van der Waals surface area (Å²) in [6.07, 6.45) is 1.72. The van der Waals surface area contributed by atoms with E-state index in [0.29, 0.717) is 26.3 Å². The molecule has 4 rings (SSSR count). The highest BCUT2D eigenvalue weighted by molar-refractivity contribution is 9.10. The Kier molecular flexibility index (Phi) is 6.44. The minimum atomic E-state index is -0.387. The first kappa shape index (κ1) is 22.0. The molecule has 2 aliphatic heterocycles. The van der Waals surface area contributed by atoms with E-state index in [1.165, 1.54) is 12.1 Å². The van der Waals surface area contributed by atoms with Crippen molar-refractivity contribution in [3.63, 3.8) is 0 Å². The molecule has 31 heavy (non-hydrogen) atoms. The maximum absolute atomic E-state index is 13.4. The number of carbonyl (C=O) groups is 2. The summed E-state index contributed by atoms with van der Waals surface area (Å²) < 4.78 is 19.9. The number of nitrogens with zero attached hydrogens (tertiary/aromatic N) is 1. The Hall–Kier alpha value is -2.25. The van der Waals surface area contributed by atoms with Crippen molar-refractivity contribution in [2.24, 2.45) is 5.92 Å². The Labute approximate surface area is 190 Å². The lowest BCUT2D eigenvalue weighted by Crippen LogP contribution is -2.46. The van der Waals surface area contributed by atoms with Gasteiger partial charge >= 0.3 is 0 Å². The molecule has 2 saturated heterocycles. The van der Waals surface area contributed by atoms with Crippen molar-refractivity contribution >= 4 is 33.4 Å². The average Bonchev–Trinajstić information content (AvgIpc) is 3.17. The zero-order valence-electron chi connectivity index (χ0n) is 17.5. The smallest absolute Gasteiger partial charge is 0.227 e. The van der Waals surface area contributed by atoms with Crippen molar-refractivity contribution in [1.29, 1.82) is 0 Å². The molecule has 0 bridgehead atoms. The van der Waals surface area contributed by atoms with Crippen LogP contribution in [0.2, 0.25) is 0 Å². The molecule has 7 heteroatoms. The van der Waals surface area contributed by atoms with Crippen molar-refractivity contribution in [3.8, 4) is 0 Å². The summed E-state index contributed by atoms with van der Waals surface area (Å²) in [6.45, 7) is 4.00. The molecule has 2 amide bonds. The van der Waals surface area contributed by atoms with Crippen LogP contribution in [0.4, 0.5) is 10.1 Å². The summed E-state index contributed by atoms with van der Waals surface area (Å²) in [7, 11) is 0. The summed E-state index contributed by atoms with van der Waals surface area (Å²) in [6, 6.07) is 12.3. The van der Waals surface area contributed by atoms with Gasteiger partial charge in [0.15, 0.2) is 0 Å². The molecule has 2 aromatic carbocycles. The van der Waals surface area contributed by atoms with Crippen LogP contribution in [0, 0.1) is 18.7 Å². The van der Waals surface area contributed by atoms with Crippen molar-refractivity contribution in [3.05, 3.63) is 63.9 Å². The number of ether oxygens (including phenoxy) is 1. The summed E-state index contributed by atoms with van der Waals surface area (Å²) in [5.74, 6) is -0.817. The number of nitrogens with one attached hydrogen (secondary N) is 1. The van der Waals surface area contributed by atoms with Crippen molar-refractivity contribution in [2.45, 2.75) is 31.6 Å². The van der Waals surface area contributed by atoms with Crippen LogP contribution in [0.5, 0.6) is 0 Å². The predicted octanol–water partition coefficient (Wildman–Crippen LogP) is 4.11. The Morgan fingerprint density at radius 2 is 1.94 bits per heavy atom. The lowest BCUT2D eigenvalue weighted by atomic mass is 9.74. The quantitative estimate of drug-likeness (QED) is 0.688. The number of hydrogen-bond donors (Lipinski definition) is 1. The third-order valence-electron chi connectivity index (χ3n) is 6.46. The van der Waals surface area contributed by atoms with Crippen LogP contribution in [0.1, 0.15) is 30.4 Å². The molecule has 0 spiro atoms. The van der Waals surface area contributed by atoms with E-state index in [4.69, 9.17) is 4.74 Å². The van der Waals surface area contributed by atoms with Gasteiger partial charge in [-0.25, -0.2) is 4.39 Å². The van der Waals surface area contributed by atoms with E-state index in [-0.39, 0.29) is 35.4 Å². The van der Waals surface area contributed by atoms with Crippen LogP contribution in [0.25, 0.3) is 0 Å². The van der Waals surface area contributed by atoms with Gasteiger partial charge in [0, 0.05) is 48.3 Å². The highest BCUT2D eigenvalue weighted by Crippen LogP contribution is 2.35. The third kappa shape index (κ3) is 4.67. The minimum absolute atomic E-state index is 0.0406. The van der Waals surface area contributed by atoms with Gasteiger partial charge in [-0.15, -0.1) is 0 Å². The van der Waals surface area contributed by atoms with E-state index < -0.39 is 0 Å². The number of carbonyl (C=O) groups excluding carboxylic acids is 2. The second-order valence-electron chi connectivity index (χ2n) is 8.46. The lowest BCUT2D eigenvalue weighted by Gasteiger charge is -2.38. The van der Waals surface area contributed by atoms with Gasteiger partial charge in [0.2, 0.25) is 11.8 Å². The molecular formula is C24H26BrFN2O3. The summed E-state index contributed by atoms with van der Waals surface area (Å²) in [5.41, 5.74) is 2.58.